The van der Waals surface area contributed by atoms with Crippen LogP contribution in [0.2, 0.25) is 13.1 Å². The zero-order chi connectivity index (χ0) is 9.90. The predicted molar refractivity (Wildman–Crippen MR) is 56.4 cm³/mol. The van der Waals surface area contributed by atoms with Gasteiger partial charge >= 0.3 is 0 Å². The fourth-order valence-electron chi connectivity index (χ4n) is 1.14. The van der Waals surface area contributed by atoms with E-state index in [4.69, 9.17) is 0 Å². The van der Waals surface area contributed by atoms with Gasteiger partial charge in [-0.25, -0.2) is 9.45 Å². The summed E-state index contributed by atoms with van der Waals surface area (Å²) in [5.74, 6) is 0. The Bertz CT molecular complexity index is 336. The first-order valence-electron chi connectivity index (χ1n) is 4.22. The molecule has 0 saturated heterocycles. The van der Waals surface area contributed by atoms with Crippen LogP contribution in [0.3, 0.4) is 0 Å². The highest BCUT2D eigenvalue weighted by molar-refractivity contribution is 6.88. The van der Waals surface area contributed by atoms with Crippen molar-refractivity contribution in [3.63, 3.8) is 0 Å². The van der Waals surface area contributed by atoms with Crippen LogP contribution in [-0.4, -0.2) is 14.3 Å². The molecule has 0 radical (unpaired) electrons. The SMILES string of the molecule is Cc1ccc([Si](C)(C)N=C=O)cc1. The van der Waals surface area contributed by atoms with E-state index in [1.165, 1.54) is 10.8 Å². The molecular formula is C10H13NOSi. The van der Waals surface area contributed by atoms with Crippen LogP contribution >= 0.6 is 0 Å². The molecule has 1 rings (SSSR count). The van der Waals surface area contributed by atoms with Crippen molar-refractivity contribution in [2.24, 2.45) is 4.66 Å². The van der Waals surface area contributed by atoms with E-state index in [0.29, 0.717) is 0 Å². The summed E-state index contributed by atoms with van der Waals surface area (Å²) >= 11 is 0. The molecule has 0 aliphatic heterocycles. The van der Waals surface area contributed by atoms with E-state index < -0.39 is 8.24 Å². The second kappa shape index (κ2) is 3.69. The van der Waals surface area contributed by atoms with E-state index >= 15 is 0 Å². The number of hydrogen-bond acceptors (Lipinski definition) is 2. The molecule has 0 atom stereocenters. The summed E-state index contributed by atoms with van der Waals surface area (Å²) in [4.78, 5) is 10.2. The van der Waals surface area contributed by atoms with Gasteiger partial charge in [-0.2, -0.15) is 0 Å². The second-order valence-corrected chi connectivity index (χ2v) is 7.55. The van der Waals surface area contributed by atoms with Crippen LogP contribution in [0.25, 0.3) is 0 Å². The molecule has 0 amide bonds. The Morgan fingerprint density at radius 2 is 1.77 bits per heavy atom. The van der Waals surface area contributed by atoms with E-state index in [-0.39, 0.29) is 0 Å². The summed E-state index contributed by atoms with van der Waals surface area (Å²) in [5.41, 5.74) is 1.23. The molecule has 0 spiro atoms. The number of nitrogens with zero attached hydrogens (tertiary/aromatic N) is 1. The number of aryl methyl sites for hydroxylation is 1. The van der Waals surface area contributed by atoms with Crippen molar-refractivity contribution in [3.05, 3.63) is 29.8 Å². The van der Waals surface area contributed by atoms with Crippen molar-refractivity contribution in [3.8, 4) is 0 Å². The summed E-state index contributed by atoms with van der Waals surface area (Å²) in [5, 5.41) is 1.17. The Morgan fingerprint density at radius 1 is 1.23 bits per heavy atom. The van der Waals surface area contributed by atoms with Gasteiger partial charge in [-0.05, 0) is 25.2 Å². The van der Waals surface area contributed by atoms with Crippen LogP contribution in [0.15, 0.2) is 28.9 Å². The van der Waals surface area contributed by atoms with Crippen molar-refractivity contribution in [1.82, 2.24) is 0 Å². The van der Waals surface area contributed by atoms with E-state index in [2.05, 4.69) is 4.66 Å². The quantitative estimate of drug-likeness (QED) is 0.398. The van der Waals surface area contributed by atoms with Crippen LogP contribution in [-0.2, 0) is 4.79 Å². The van der Waals surface area contributed by atoms with Gasteiger partial charge in [0, 0.05) is 0 Å². The Balaban J connectivity index is 3.07. The third-order valence-corrected chi connectivity index (χ3v) is 4.48. The van der Waals surface area contributed by atoms with E-state index in [0.717, 1.165) is 0 Å². The second-order valence-electron chi connectivity index (χ2n) is 3.63. The highest BCUT2D eigenvalue weighted by Gasteiger charge is 2.22. The fourth-order valence-corrected chi connectivity index (χ4v) is 2.48. The van der Waals surface area contributed by atoms with Crippen LogP contribution in [0.5, 0.6) is 0 Å². The maximum atomic E-state index is 10.2. The highest BCUT2D eigenvalue weighted by Crippen LogP contribution is 2.04. The molecule has 3 heteroatoms. The number of carbonyl (C=O) groups excluding carboxylic acids is 1. The molecule has 1 aromatic rings. The van der Waals surface area contributed by atoms with Crippen LogP contribution in [0.1, 0.15) is 5.56 Å². The lowest BCUT2D eigenvalue weighted by Gasteiger charge is -2.14. The molecule has 1 aromatic carbocycles. The number of hydrogen-bond donors (Lipinski definition) is 0. The Kier molecular flexibility index (Phi) is 2.81. The Labute approximate surface area is 79.4 Å². The van der Waals surface area contributed by atoms with Gasteiger partial charge in [0.2, 0.25) is 14.3 Å². The zero-order valence-corrected chi connectivity index (χ0v) is 9.16. The summed E-state index contributed by atoms with van der Waals surface area (Å²) < 4.78 is 3.89. The van der Waals surface area contributed by atoms with Crippen LogP contribution in [0.4, 0.5) is 0 Å². The van der Waals surface area contributed by atoms with Crippen molar-refractivity contribution >= 4 is 19.5 Å². The minimum Gasteiger partial charge on any atom is -0.242 e. The van der Waals surface area contributed by atoms with Crippen molar-refractivity contribution in [2.45, 2.75) is 20.0 Å². The lowest BCUT2D eigenvalue weighted by Crippen LogP contribution is -2.39. The number of rotatable bonds is 2. The zero-order valence-electron chi connectivity index (χ0n) is 8.16. The van der Waals surface area contributed by atoms with Gasteiger partial charge in [0.05, 0.1) is 0 Å². The lowest BCUT2D eigenvalue weighted by molar-refractivity contribution is 0.566. The molecule has 0 unspecified atom stereocenters. The number of benzene rings is 1. The smallest absolute Gasteiger partial charge is 0.225 e. The summed E-state index contributed by atoms with van der Waals surface area (Å²) in [6, 6.07) is 8.18. The molecule has 0 N–H and O–H groups in total. The maximum Gasteiger partial charge on any atom is 0.225 e. The van der Waals surface area contributed by atoms with E-state index in [1.54, 1.807) is 6.08 Å². The summed E-state index contributed by atoms with van der Waals surface area (Å²) in [7, 11) is -1.90. The van der Waals surface area contributed by atoms with Crippen molar-refractivity contribution in [1.29, 1.82) is 0 Å². The van der Waals surface area contributed by atoms with Crippen LogP contribution in [0, 0.1) is 6.92 Å². The minimum atomic E-state index is -1.90. The molecule has 68 valence electrons. The van der Waals surface area contributed by atoms with E-state index in [1.807, 2.05) is 44.3 Å². The van der Waals surface area contributed by atoms with Gasteiger partial charge in [0.15, 0.2) is 0 Å². The molecule has 0 aromatic heterocycles. The third kappa shape index (κ3) is 2.37. The largest absolute Gasteiger partial charge is 0.242 e. The molecule has 0 aliphatic carbocycles. The Hall–Kier alpha value is -1.18. The first kappa shape index (κ1) is 9.90. The minimum absolute atomic E-state index is 1.17. The van der Waals surface area contributed by atoms with Gasteiger partial charge in [-0.3, -0.25) is 0 Å². The van der Waals surface area contributed by atoms with Gasteiger partial charge in [0.1, 0.15) is 0 Å². The molecular weight excluding hydrogens is 178 g/mol. The molecule has 2 nitrogen and oxygen atoms in total. The average molecular weight is 191 g/mol. The first-order valence-corrected chi connectivity index (χ1v) is 7.17. The van der Waals surface area contributed by atoms with Gasteiger partial charge in [-0.1, -0.05) is 29.8 Å². The van der Waals surface area contributed by atoms with Gasteiger partial charge in [-0.15, -0.1) is 0 Å². The molecule has 0 heterocycles. The lowest BCUT2D eigenvalue weighted by atomic mass is 10.2. The van der Waals surface area contributed by atoms with Gasteiger partial charge < -0.3 is 0 Å². The predicted octanol–water partition coefficient (Wildman–Crippen LogP) is 1.74. The monoisotopic (exact) mass is 191 g/mol. The first-order chi connectivity index (χ1) is 6.06. The van der Waals surface area contributed by atoms with Crippen molar-refractivity contribution in [2.75, 3.05) is 0 Å². The Morgan fingerprint density at radius 3 is 2.23 bits per heavy atom. The molecule has 0 bridgehead atoms. The topological polar surface area (TPSA) is 29.4 Å². The van der Waals surface area contributed by atoms with Crippen molar-refractivity contribution < 1.29 is 4.79 Å². The average Bonchev–Trinajstić information content (AvgIpc) is 2.05. The molecule has 0 aliphatic rings. The third-order valence-electron chi connectivity index (χ3n) is 2.08. The number of isocyanates is 1. The molecule has 0 fully saturated rings. The van der Waals surface area contributed by atoms with Crippen LogP contribution < -0.4 is 5.19 Å². The maximum absolute atomic E-state index is 10.2. The van der Waals surface area contributed by atoms with E-state index in [9.17, 15) is 4.79 Å². The standard InChI is InChI=1S/C10H13NOSi/c1-9-4-6-10(7-5-9)13(2,3)11-8-12/h4-7H,1-3H3. The summed E-state index contributed by atoms with van der Waals surface area (Å²) in [6.45, 7) is 6.10. The molecule has 13 heavy (non-hydrogen) atoms. The molecule has 0 saturated carbocycles. The van der Waals surface area contributed by atoms with Gasteiger partial charge in [0.25, 0.3) is 0 Å². The summed E-state index contributed by atoms with van der Waals surface area (Å²) in [6.07, 6.45) is 1.66. The highest BCUT2D eigenvalue weighted by atomic mass is 28.3. The normalized spacial score (nSPS) is 10.7. The fraction of sp³-hybridized carbons (Fsp3) is 0.300.